The Bertz CT molecular complexity index is 964. The molecule has 1 saturated heterocycles. The maximum Gasteiger partial charge on any atom is 0.149 e. The molecule has 2 fully saturated rings. The van der Waals surface area contributed by atoms with Crippen LogP contribution in [0.15, 0.2) is 30.5 Å². The van der Waals surface area contributed by atoms with Gasteiger partial charge in [0.15, 0.2) is 0 Å². The highest BCUT2D eigenvalue weighted by atomic mass is 19.1. The number of benzene rings is 1. The topological polar surface area (TPSA) is 67.4 Å². The summed E-state index contributed by atoms with van der Waals surface area (Å²) in [6.45, 7) is 2.39. The molecule has 1 saturated carbocycles. The van der Waals surface area contributed by atoms with E-state index in [2.05, 4.69) is 20.9 Å². The minimum absolute atomic E-state index is 0.0933. The van der Waals surface area contributed by atoms with E-state index in [-0.39, 0.29) is 23.7 Å². The standard InChI is InChI=1S/C26H35F3N4O2/c1-34-13-10-30-18-2-4-19(5-3-18)33-25-15-22(24(28)16-31-25)21-14-20(6-7-23(21)27)32-17-26(29)8-11-35-12-9-26/h6-7,14-16,18-19,30,32H,2-5,8-13,17H2,1H3,(H,31,33)/t18-,19-. The Morgan fingerprint density at radius 3 is 2.49 bits per heavy atom. The van der Waals surface area contributed by atoms with Crippen LogP contribution in [0.5, 0.6) is 0 Å². The Kier molecular flexibility index (Phi) is 8.86. The van der Waals surface area contributed by atoms with Crippen LogP contribution in [-0.2, 0) is 9.47 Å². The van der Waals surface area contributed by atoms with Crippen molar-refractivity contribution in [2.45, 2.75) is 56.3 Å². The second-order valence-electron chi connectivity index (χ2n) is 9.50. The second-order valence-corrected chi connectivity index (χ2v) is 9.50. The van der Waals surface area contributed by atoms with Crippen LogP contribution in [-0.4, -0.2) is 62.8 Å². The second kappa shape index (κ2) is 12.1. The fourth-order valence-corrected chi connectivity index (χ4v) is 4.76. The van der Waals surface area contributed by atoms with Crippen molar-refractivity contribution in [1.29, 1.82) is 0 Å². The number of aromatic nitrogens is 1. The fraction of sp³-hybridized carbons (Fsp3) is 0.577. The van der Waals surface area contributed by atoms with Crippen LogP contribution in [0.4, 0.5) is 24.7 Å². The third kappa shape index (κ3) is 7.08. The van der Waals surface area contributed by atoms with E-state index in [1.165, 1.54) is 12.1 Å². The maximum atomic E-state index is 14.9. The number of halogens is 3. The highest BCUT2D eigenvalue weighted by Gasteiger charge is 2.32. The lowest BCUT2D eigenvalue weighted by Crippen LogP contribution is -2.38. The van der Waals surface area contributed by atoms with Crippen LogP contribution >= 0.6 is 0 Å². The summed E-state index contributed by atoms with van der Waals surface area (Å²) in [6.07, 6.45) is 5.72. The molecule has 1 aliphatic carbocycles. The minimum atomic E-state index is -1.37. The Labute approximate surface area is 205 Å². The molecular weight excluding hydrogens is 457 g/mol. The molecule has 2 aromatic rings. The van der Waals surface area contributed by atoms with Gasteiger partial charge in [-0.3, -0.25) is 0 Å². The summed E-state index contributed by atoms with van der Waals surface area (Å²) in [5.74, 6) is -0.640. The first kappa shape index (κ1) is 25.7. The minimum Gasteiger partial charge on any atom is -0.383 e. The van der Waals surface area contributed by atoms with Gasteiger partial charge in [0, 0.05) is 75.2 Å². The Balaban J connectivity index is 1.40. The highest BCUT2D eigenvalue weighted by molar-refractivity contribution is 5.71. The van der Waals surface area contributed by atoms with Crippen LogP contribution < -0.4 is 16.0 Å². The van der Waals surface area contributed by atoms with E-state index in [1.54, 1.807) is 19.2 Å². The fourth-order valence-electron chi connectivity index (χ4n) is 4.76. The zero-order chi connectivity index (χ0) is 24.7. The zero-order valence-corrected chi connectivity index (χ0v) is 20.2. The molecule has 9 heteroatoms. The quantitative estimate of drug-likeness (QED) is 0.410. The van der Waals surface area contributed by atoms with Gasteiger partial charge in [0.2, 0.25) is 0 Å². The number of pyridine rings is 1. The molecule has 192 valence electrons. The summed E-state index contributed by atoms with van der Waals surface area (Å²) in [5, 5.41) is 9.93. The highest BCUT2D eigenvalue weighted by Crippen LogP contribution is 2.32. The largest absolute Gasteiger partial charge is 0.383 e. The van der Waals surface area contributed by atoms with E-state index in [0.29, 0.717) is 50.2 Å². The lowest BCUT2D eigenvalue weighted by atomic mass is 9.91. The summed E-state index contributed by atoms with van der Waals surface area (Å²) in [5.41, 5.74) is -0.595. The molecule has 0 amide bonds. The predicted octanol–water partition coefficient (Wildman–Crippen LogP) is 4.92. The molecule has 0 atom stereocenters. The Hall–Kier alpha value is -2.36. The number of hydrogen-bond donors (Lipinski definition) is 3. The molecule has 0 unspecified atom stereocenters. The monoisotopic (exact) mass is 492 g/mol. The molecule has 3 N–H and O–H groups in total. The number of anilines is 2. The van der Waals surface area contributed by atoms with E-state index in [1.807, 2.05) is 0 Å². The number of nitrogens with zero attached hydrogens (tertiary/aromatic N) is 1. The van der Waals surface area contributed by atoms with Crippen LogP contribution in [0, 0.1) is 11.6 Å². The van der Waals surface area contributed by atoms with Crippen molar-refractivity contribution in [2.24, 2.45) is 0 Å². The van der Waals surface area contributed by atoms with Crippen molar-refractivity contribution in [3.05, 3.63) is 42.1 Å². The first-order valence-corrected chi connectivity index (χ1v) is 12.4. The van der Waals surface area contributed by atoms with Crippen LogP contribution in [0.25, 0.3) is 11.1 Å². The summed E-state index contributed by atoms with van der Waals surface area (Å²) >= 11 is 0. The SMILES string of the molecule is COCCN[C@H]1CC[C@H](Nc2cc(-c3cc(NCC4(F)CCOCC4)ccc3F)c(F)cn2)CC1. The van der Waals surface area contributed by atoms with Gasteiger partial charge in [-0.15, -0.1) is 0 Å². The van der Waals surface area contributed by atoms with Crippen molar-refractivity contribution >= 4 is 11.5 Å². The molecule has 0 spiro atoms. The molecule has 0 bridgehead atoms. The Morgan fingerprint density at radius 2 is 1.74 bits per heavy atom. The van der Waals surface area contributed by atoms with Gasteiger partial charge in [-0.1, -0.05) is 0 Å². The van der Waals surface area contributed by atoms with Gasteiger partial charge >= 0.3 is 0 Å². The van der Waals surface area contributed by atoms with Gasteiger partial charge in [-0.25, -0.2) is 18.2 Å². The van der Waals surface area contributed by atoms with Crippen molar-refractivity contribution in [3.8, 4) is 11.1 Å². The van der Waals surface area contributed by atoms with E-state index < -0.39 is 17.3 Å². The summed E-state index contributed by atoms with van der Waals surface area (Å²) in [7, 11) is 1.69. The number of nitrogens with one attached hydrogen (secondary N) is 3. The summed E-state index contributed by atoms with van der Waals surface area (Å²) in [4.78, 5) is 4.18. The van der Waals surface area contributed by atoms with Gasteiger partial charge in [0.25, 0.3) is 0 Å². The van der Waals surface area contributed by atoms with Crippen molar-refractivity contribution in [3.63, 3.8) is 0 Å². The molecule has 1 aliphatic heterocycles. The summed E-state index contributed by atoms with van der Waals surface area (Å²) in [6, 6.07) is 6.58. The third-order valence-corrected chi connectivity index (χ3v) is 6.93. The molecular formula is C26H35F3N4O2. The number of rotatable bonds is 10. The summed E-state index contributed by atoms with van der Waals surface area (Å²) < 4.78 is 54.7. The van der Waals surface area contributed by atoms with Crippen LogP contribution in [0.3, 0.4) is 0 Å². The van der Waals surface area contributed by atoms with E-state index >= 15 is 0 Å². The lowest BCUT2D eigenvalue weighted by Gasteiger charge is -2.30. The number of ether oxygens (including phenoxy) is 2. The average Bonchev–Trinajstić information content (AvgIpc) is 2.86. The lowest BCUT2D eigenvalue weighted by molar-refractivity contribution is -0.00115. The maximum absolute atomic E-state index is 14.9. The molecule has 2 heterocycles. The van der Waals surface area contributed by atoms with Crippen molar-refractivity contribution in [2.75, 3.05) is 50.7 Å². The Morgan fingerprint density at radius 1 is 1.03 bits per heavy atom. The zero-order valence-electron chi connectivity index (χ0n) is 20.2. The molecule has 1 aromatic carbocycles. The van der Waals surface area contributed by atoms with Crippen LogP contribution in [0.1, 0.15) is 38.5 Å². The first-order valence-electron chi connectivity index (χ1n) is 12.4. The normalized spacial score (nSPS) is 22.1. The number of alkyl halides is 1. The van der Waals surface area contributed by atoms with E-state index in [0.717, 1.165) is 38.4 Å². The van der Waals surface area contributed by atoms with Gasteiger partial charge in [-0.05, 0) is 49.9 Å². The van der Waals surface area contributed by atoms with Gasteiger partial charge in [0.05, 0.1) is 12.8 Å². The first-order chi connectivity index (χ1) is 17.0. The molecule has 1 aromatic heterocycles. The van der Waals surface area contributed by atoms with E-state index in [4.69, 9.17) is 9.47 Å². The third-order valence-electron chi connectivity index (χ3n) is 6.93. The number of methoxy groups -OCH3 is 1. The molecule has 2 aliphatic rings. The smallest absolute Gasteiger partial charge is 0.149 e. The van der Waals surface area contributed by atoms with Crippen molar-refractivity contribution < 1.29 is 22.6 Å². The molecule has 6 nitrogen and oxygen atoms in total. The van der Waals surface area contributed by atoms with Gasteiger partial charge in [0.1, 0.15) is 23.1 Å². The van der Waals surface area contributed by atoms with Gasteiger partial charge in [-0.2, -0.15) is 0 Å². The molecule has 0 radical (unpaired) electrons. The molecule has 35 heavy (non-hydrogen) atoms. The number of hydrogen-bond acceptors (Lipinski definition) is 6. The molecule has 4 rings (SSSR count). The van der Waals surface area contributed by atoms with Gasteiger partial charge < -0.3 is 25.4 Å². The average molecular weight is 493 g/mol. The van der Waals surface area contributed by atoms with E-state index in [9.17, 15) is 13.2 Å². The van der Waals surface area contributed by atoms with Crippen LogP contribution in [0.2, 0.25) is 0 Å². The van der Waals surface area contributed by atoms with Crippen molar-refractivity contribution in [1.82, 2.24) is 10.3 Å². The predicted molar refractivity (Wildman–Crippen MR) is 132 cm³/mol.